The first-order valence-corrected chi connectivity index (χ1v) is 8.58. The van der Waals surface area contributed by atoms with Gasteiger partial charge in [-0.15, -0.1) is 23.7 Å². The topological polar surface area (TPSA) is 72.5 Å². The fourth-order valence-corrected chi connectivity index (χ4v) is 3.26. The number of anilines is 1. The first kappa shape index (κ1) is 20.5. The highest BCUT2D eigenvalue weighted by Gasteiger charge is 2.28. The zero-order valence-electron chi connectivity index (χ0n) is 13.8. The Kier molecular flexibility index (Phi) is 7.27. The van der Waals surface area contributed by atoms with Crippen LogP contribution in [0.1, 0.15) is 6.92 Å². The lowest BCUT2D eigenvalue weighted by Gasteiger charge is -2.28. The molecule has 1 amide bonds. The van der Waals surface area contributed by atoms with E-state index in [0.717, 1.165) is 0 Å². The molecule has 142 valence electrons. The van der Waals surface area contributed by atoms with Crippen LogP contribution in [0.5, 0.6) is 5.75 Å². The van der Waals surface area contributed by atoms with Crippen molar-refractivity contribution >= 4 is 34.8 Å². The summed E-state index contributed by atoms with van der Waals surface area (Å²) in [6.07, 6.45) is -0.242. The third-order valence-electron chi connectivity index (χ3n) is 3.71. The molecular formula is C16H18ClF2N3O3S. The van der Waals surface area contributed by atoms with Gasteiger partial charge >= 0.3 is 6.61 Å². The van der Waals surface area contributed by atoms with Gasteiger partial charge in [-0.05, 0) is 19.1 Å². The maximum absolute atomic E-state index is 12.5. The van der Waals surface area contributed by atoms with Crippen LogP contribution in [-0.4, -0.2) is 42.8 Å². The molecule has 1 aromatic carbocycles. The van der Waals surface area contributed by atoms with Crippen LogP contribution in [0.15, 0.2) is 29.6 Å². The lowest BCUT2D eigenvalue weighted by Crippen LogP contribution is -2.53. The van der Waals surface area contributed by atoms with Crippen molar-refractivity contribution in [3.63, 3.8) is 0 Å². The summed E-state index contributed by atoms with van der Waals surface area (Å²) in [5.41, 5.74) is 0.893. The normalized spacial score (nSPS) is 19.7. The lowest BCUT2D eigenvalue weighted by molar-refractivity contribution is -0.123. The molecule has 0 bridgehead atoms. The van der Waals surface area contributed by atoms with Crippen molar-refractivity contribution in [2.45, 2.75) is 25.7 Å². The molecule has 0 aliphatic carbocycles. The molecule has 0 spiro atoms. The molecule has 0 saturated carbocycles. The maximum Gasteiger partial charge on any atom is 0.387 e. The summed E-state index contributed by atoms with van der Waals surface area (Å²) in [5, 5.41) is 7.88. The fraction of sp³-hybridized carbons (Fsp3) is 0.375. The zero-order valence-corrected chi connectivity index (χ0v) is 15.4. The fourth-order valence-electron chi connectivity index (χ4n) is 2.54. The number of alkyl halides is 2. The third-order valence-corrected chi connectivity index (χ3v) is 4.47. The number of hydrogen-bond acceptors (Lipinski definition) is 6. The van der Waals surface area contributed by atoms with Crippen LogP contribution in [0, 0.1) is 0 Å². The highest BCUT2D eigenvalue weighted by atomic mass is 35.5. The quantitative estimate of drug-likeness (QED) is 0.799. The number of carbonyl (C=O) groups excluding carboxylic acids is 1. The highest BCUT2D eigenvalue weighted by Crippen LogP contribution is 2.33. The molecule has 2 heterocycles. The number of benzene rings is 1. The number of para-hydroxylation sites is 1. The Bertz CT molecular complexity index is 747. The van der Waals surface area contributed by atoms with Crippen molar-refractivity contribution in [3.05, 3.63) is 29.6 Å². The maximum atomic E-state index is 12.5. The molecule has 0 radical (unpaired) electrons. The zero-order chi connectivity index (χ0) is 17.8. The number of rotatable bonds is 5. The van der Waals surface area contributed by atoms with Gasteiger partial charge in [0.2, 0.25) is 5.91 Å². The Labute approximate surface area is 159 Å². The Hall–Kier alpha value is -1.81. The Morgan fingerprint density at radius 1 is 1.46 bits per heavy atom. The van der Waals surface area contributed by atoms with Crippen LogP contribution in [-0.2, 0) is 9.53 Å². The molecule has 6 nitrogen and oxygen atoms in total. The summed E-state index contributed by atoms with van der Waals surface area (Å²) in [5.74, 6) is -0.207. The molecular weight excluding hydrogens is 388 g/mol. The molecule has 3 rings (SSSR count). The Balaban J connectivity index is 0.00000243. The van der Waals surface area contributed by atoms with E-state index in [1.165, 1.54) is 17.4 Å². The van der Waals surface area contributed by atoms with Gasteiger partial charge in [0.05, 0.1) is 18.4 Å². The van der Waals surface area contributed by atoms with Crippen LogP contribution in [0.2, 0.25) is 0 Å². The lowest BCUT2D eigenvalue weighted by atomic mass is 10.1. The number of nitrogens with one attached hydrogen (secondary N) is 2. The van der Waals surface area contributed by atoms with Crippen LogP contribution < -0.4 is 15.4 Å². The van der Waals surface area contributed by atoms with E-state index in [4.69, 9.17) is 4.74 Å². The van der Waals surface area contributed by atoms with Gasteiger partial charge < -0.3 is 20.1 Å². The molecule has 1 aliphatic heterocycles. The van der Waals surface area contributed by atoms with Gasteiger partial charge in [-0.2, -0.15) is 8.78 Å². The summed E-state index contributed by atoms with van der Waals surface area (Å²) < 4.78 is 35.0. The molecule has 10 heteroatoms. The highest BCUT2D eigenvalue weighted by molar-refractivity contribution is 7.14. The van der Waals surface area contributed by atoms with E-state index in [1.807, 2.05) is 6.92 Å². The van der Waals surface area contributed by atoms with Crippen molar-refractivity contribution in [2.24, 2.45) is 0 Å². The van der Waals surface area contributed by atoms with Gasteiger partial charge in [-0.25, -0.2) is 4.98 Å². The third kappa shape index (κ3) is 4.88. The van der Waals surface area contributed by atoms with Crippen molar-refractivity contribution in [3.8, 4) is 17.0 Å². The Morgan fingerprint density at radius 2 is 2.23 bits per heavy atom. The Morgan fingerprint density at radius 3 is 2.96 bits per heavy atom. The molecule has 1 aromatic heterocycles. The number of aromatic nitrogens is 1. The number of amides is 1. The van der Waals surface area contributed by atoms with Gasteiger partial charge in [0.25, 0.3) is 0 Å². The van der Waals surface area contributed by atoms with Crippen LogP contribution in [0.4, 0.5) is 13.9 Å². The minimum absolute atomic E-state index is 0. The first-order chi connectivity index (χ1) is 12.0. The van der Waals surface area contributed by atoms with Gasteiger partial charge in [0.15, 0.2) is 5.13 Å². The van der Waals surface area contributed by atoms with Gasteiger partial charge in [0, 0.05) is 17.5 Å². The van der Waals surface area contributed by atoms with E-state index in [0.29, 0.717) is 29.5 Å². The number of thiazole rings is 1. The minimum Gasteiger partial charge on any atom is -0.434 e. The standard InChI is InChI=1S/C16H17F2N3O3S.ClH/c1-9-13(19-6-7-23-9)14(22)21-16-20-11(8-25-16)10-4-2-3-5-12(10)24-15(17)18;/h2-5,8-9,13,15,19H,6-7H2,1H3,(H,20,21,22);1H/t9-,13+;/m1./s1. The molecule has 0 unspecified atom stereocenters. The van der Waals surface area contributed by atoms with Gasteiger partial charge in [0.1, 0.15) is 11.8 Å². The summed E-state index contributed by atoms with van der Waals surface area (Å²) in [4.78, 5) is 16.6. The largest absolute Gasteiger partial charge is 0.434 e. The SMILES string of the molecule is C[C@H]1OCCN[C@@H]1C(=O)Nc1nc(-c2ccccc2OC(F)F)cs1.Cl. The van der Waals surface area contributed by atoms with Gasteiger partial charge in [-0.1, -0.05) is 12.1 Å². The number of ether oxygens (including phenoxy) is 2. The second kappa shape index (κ2) is 9.22. The predicted octanol–water partition coefficient (Wildman–Crippen LogP) is 3.15. The number of halogens is 3. The second-order valence-corrected chi connectivity index (χ2v) is 6.27. The smallest absolute Gasteiger partial charge is 0.387 e. The number of nitrogens with zero attached hydrogens (tertiary/aromatic N) is 1. The summed E-state index contributed by atoms with van der Waals surface area (Å²) in [6.45, 7) is 0.0662. The summed E-state index contributed by atoms with van der Waals surface area (Å²) >= 11 is 1.21. The van der Waals surface area contributed by atoms with Crippen LogP contribution in [0.3, 0.4) is 0 Å². The van der Waals surface area contributed by atoms with Crippen LogP contribution >= 0.6 is 23.7 Å². The second-order valence-electron chi connectivity index (χ2n) is 5.41. The molecule has 2 aromatic rings. The van der Waals surface area contributed by atoms with Crippen LogP contribution in [0.25, 0.3) is 11.3 Å². The number of morpholine rings is 1. The average Bonchev–Trinajstić information content (AvgIpc) is 3.03. The van der Waals surface area contributed by atoms with Crippen molar-refractivity contribution in [1.29, 1.82) is 0 Å². The summed E-state index contributed by atoms with van der Waals surface area (Å²) in [6, 6.07) is 5.93. The van der Waals surface area contributed by atoms with Crippen molar-refractivity contribution in [1.82, 2.24) is 10.3 Å². The summed E-state index contributed by atoms with van der Waals surface area (Å²) in [7, 11) is 0. The van der Waals surface area contributed by atoms with E-state index in [-0.39, 0.29) is 30.2 Å². The molecule has 1 fully saturated rings. The average molecular weight is 406 g/mol. The van der Waals surface area contributed by atoms with E-state index in [2.05, 4.69) is 20.4 Å². The molecule has 1 saturated heterocycles. The van der Waals surface area contributed by atoms with Crippen molar-refractivity contribution in [2.75, 3.05) is 18.5 Å². The van der Waals surface area contributed by atoms with Gasteiger partial charge in [-0.3, -0.25) is 4.79 Å². The van der Waals surface area contributed by atoms with E-state index in [1.54, 1.807) is 23.6 Å². The van der Waals surface area contributed by atoms with E-state index in [9.17, 15) is 13.6 Å². The number of hydrogen-bond donors (Lipinski definition) is 2. The number of carbonyl (C=O) groups is 1. The molecule has 2 atom stereocenters. The van der Waals surface area contributed by atoms with Crippen molar-refractivity contribution < 1.29 is 23.0 Å². The molecule has 1 aliphatic rings. The molecule has 2 N–H and O–H groups in total. The van der Waals surface area contributed by atoms with E-state index >= 15 is 0 Å². The minimum atomic E-state index is -2.92. The monoisotopic (exact) mass is 405 g/mol. The van der Waals surface area contributed by atoms with E-state index < -0.39 is 12.7 Å². The molecule has 26 heavy (non-hydrogen) atoms. The first-order valence-electron chi connectivity index (χ1n) is 7.70. The predicted molar refractivity (Wildman–Crippen MR) is 97.3 cm³/mol.